The van der Waals surface area contributed by atoms with Crippen LogP contribution in [-0.4, -0.2) is 44.2 Å². The number of halogens is 3. The average Bonchev–Trinajstić information content (AvgIpc) is 2.56. The van der Waals surface area contributed by atoms with E-state index in [1.165, 1.54) is 0 Å². The molecule has 0 aliphatic rings. The molecule has 11 heteroatoms. The molecule has 1 aromatic carbocycles. The van der Waals surface area contributed by atoms with Gasteiger partial charge in [-0.25, -0.2) is 8.42 Å². The SMILES string of the molecule is CC[C@H](C)[C@H](NS(=O)(=O)c1ccc(C(=O)NCC(F)(F)F)cc1)C(=O)O. The van der Waals surface area contributed by atoms with Crippen molar-refractivity contribution in [2.24, 2.45) is 5.92 Å². The van der Waals surface area contributed by atoms with Crippen molar-refractivity contribution in [2.45, 2.75) is 37.4 Å². The third-order valence-corrected chi connectivity index (χ3v) is 5.09. The lowest BCUT2D eigenvalue weighted by Gasteiger charge is -2.20. The topological polar surface area (TPSA) is 113 Å². The number of sulfonamides is 1. The maximum Gasteiger partial charge on any atom is 0.405 e. The van der Waals surface area contributed by atoms with Crippen LogP contribution in [0.2, 0.25) is 0 Å². The van der Waals surface area contributed by atoms with Crippen molar-refractivity contribution in [3.8, 4) is 0 Å². The van der Waals surface area contributed by atoms with Gasteiger partial charge in [0.15, 0.2) is 0 Å². The Bertz CT molecular complexity index is 748. The van der Waals surface area contributed by atoms with Gasteiger partial charge in [-0.1, -0.05) is 20.3 Å². The predicted octanol–water partition coefficient (Wildman–Crippen LogP) is 1.76. The van der Waals surface area contributed by atoms with Gasteiger partial charge in [-0.2, -0.15) is 17.9 Å². The Morgan fingerprint density at radius 3 is 2.15 bits per heavy atom. The number of aliphatic carboxylic acids is 1. The molecule has 26 heavy (non-hydrogen) atoms. The molecule has 7 nitrogen and oxygen atoms in total. The van der Waals surface area contributed by atoms with Gasteiger partial charge in [0.1, 0.15) is 12.6 Å². The second-order valence-electron chi connectivity index (χ2n) is 5.64. The number of nitrogens with one attached hydrogen (secondary N) is 2. The molecule has 0 heterocycles. The van der Waals surface area contributed by atoms with Crippen molar-refractivity contribution >= 4 is 21.9 Å². The molecule has 0 spiro atoms. The van der Waals surface area contributed by atoms with E-state index in [1.54, 1.807) is 19.2 Å². The zero-order valence-corrected chi connectivity index (χ0v) is 14.8. The van der Waals surface area contributed by atoms with Gasteiger partial charge < -0.3 is 10.4 Å². The first kappa shape index (κ1) is 21.9. The normalized spacial score (nSPS) is 14.5. The summed E-state index contributed by atoms with van der Waals surface area (Å²) in [5.74, 6) is -2.80. The molecule has 0 unspecified atom stereocenters. The highest BCUT2D eigenvalue weighted by molar-refractivity contribution is 7.89. The van der Waals surface area contributed by atoms with Crippen molar-refractivity contribution in [2.75, 3.05) is 6.54 Å². The van der Waals surface area contributed by atoms with Crippen LogP contribution in [-0.2, 0) is 14.8 Å². The summed E-state index contributed by atoms with van der Waals surface area (Å²) in [6.07, 6.45) is -4.14. The summed E-state index contributed by atoms with van der Waals surface area (Å²) in [6.45, 7) is 1.78. The Hall–Kier alpha value is -2.14. The number of rotatable bonds is 8. The van der Waals surface area contributed by atoms with Crippen LogP contribution < -0.4 is 10.0 Å². The summed E-state index contributed by atoms with van der Waals surface area (Å²) in [5, 5.41) is 10.8. The molecule has 0 aliphatic carbocycles. The summed E-state index contributed by atoms with van der Waals surface area (Å²) in [7, 11) is -4.18. The maximum atomic E-state index is 12.3. The second-order valence-corrected chi connectivity index (χ2v) is 7.36. The number of carboxylic acid groups (broad SMARTS) is 1. The van der Waals surface area contributed by atoms with E-state index < -0.39 is 46.6 Å². The van der Waals surface area contributed by atoms with Gasteiger partial charge in [0.2, 0.25) is 10.0 Å². The van der Waals surface area contributed by atoms with E-state index in [0.29, 0.717) is 6.42 Å². The minimum Gasteiger partial charge on any atom is -0.480 e. The summed E-state index contributed by atoms with van der Waals surface area (Å²) in [4.78, 5) is 22.5. The van der Waals surface area contributed by atoms with Gasteiger partial charge in [-0.3, -0.25) is 9.59 Å². The van der Waals surface area contributed by atoms with Crippen LogP contribution in [0.5, 0.6) is 0 Å². The standard InChI is InChI=1S/C15H19F3N2O5S/c1-3-9(2)12(14(22)23)20-26(24,25)11-6-4-10(5-7-11)13(21)19-8-15(16,17)18/h4-7,9,12,20H,3,8H2,1-2H3,(H,19,21)(H,22,23)/t9-,12-/m0/s1. The molecule has 2 atom stereocenters. The van der Waals surface area contributed by atoms with Crippen molar-refractivity contribution in [1.29, 1.82) is 0 Å². The summed E-state index contributed by atoms with van der Waals surface area (Å²) >= 11 is 0. The van der Waals surface area contributed by atoms with Crippen molar-refractivity contribution in [3.63, 3.8) is 0 Å². The molecule has 0 aliphatic heterocycles. The largest absolute Gasteiger partial charge is 0.480 e. The van der Waals surface area contributed by atoms with E-state index in [1.807, 2.05) is 0 Å². The smallest absolute Gasteiger partial charge is 0.405 e. The number of alkyl halides is 3. The minimum absolute atomic E-state index is 0.162. The molecule has 1 aromatic rings. The number of hydrogen-bond acceptors (Lipinski definition) is 4. The Morgan fingerprint density at radius 2 is 1.73 bits per heavy atom. The molecule has 0 saturated heterocycles. The van der Waals surface area contributed by atoms with E-state index in [2.05, 4.69) is 4.72 Å². The molecule has 0 saturated carbocycles. The van der Waals surface area contributed by atoms with Gasteiger partial charge in [-0.15, -0.1) is 0 Å². The van der Waals surface area contributed by atoms with E-state index in [4.69, 9.17) is 5.11 Å². The molecule has 1 rings (SSSR count). The molecule has 3 N–H and O–H groups in total. The van der Waals surface area contributed by atoms with Gasteiger partial charge in [0.25, 0.3) is 5.91 Å². The van der Waals surface area contributed by atoms with E-state index >= 15 is 0 Å². The predicted molar refractivity (Wildman–Crippen MR) is 86.0 cm³/mol. The molecule has 0 bridgehead atoms. The van der Waals surface area contributed by atoms with Crippen LogP contribution in [0.1, 0.15) is 30.6 Å². The van der Waals surface area contributed by atoms with Gasteiger partial charge in [0.05, 0.1) is 4.90 Å². The number of carboxylic acids is 1. The lowest BCUT2D eigenvalue weighted by Crippen LogP contribution is -2.44. The quantitative estimate of drug-likeness (QED) is 0.620. The lowest BCUT2D eigenvalue weighted by molar-refractivity contribution is -0.140. The highest BCUT2D eigenvalue weighted by Gasteiger charge is 2.30. The first-order valence-corrected chi connectivity index (χ1v) is 9.06. The number of carbonyl (C=O) groups excluding carboxylic acids is 1. The summed E-state index contributed by atoms with van der Waals surface area (Å²) in [5.41, 5.74) is -0.162. The van der Waals surface area contributed by atoms with E-state index in [-0.39, 0.29) is 10.5 Å². The monoisotopic (exact) mass is 396 g/mol. The van der Waals surface area contributed by atoms with Crippen LogP contribution >= 0.6 is 0 Å². The third-order valence-electron chi connectivity index (χ3n) is 3.64. The van der Waals surface area contributed by atoms with Crippen LogP contribution in [0.4, 0.5) is 13.2 Å². The van der Waals surface area contributed by atoms with Crippen molar-refractivity contribution in [3.05, 3.63) is 29.8 Å². The molecule has 0 radical (unpaired) electrons. The van der Waals surface area contributed by atoms with E-state index in [0.717, 1.165) is 24.3 Å². The molecular formula is C15H19F3N2O5S. The molecule has 1 amide bonds. The van der Waals surface area contributed by atoms with Crippen LogP contribution in [0, 0.1) is 5.92 Å². The fourth-order valence-corrected chi connectivity index (χ4v) is 3.25. The van der Waals surface area contributed by atoms with Gasteiger partial charge in [-0.05, 0) is 30.2 Å². The number of carbonyl (C=O) groups is 2. The first-order chi connectivity index (χ1) is 11.9. The Morgan fingerprint density at radius 1 is 1.19 bits per heavy atom. The summed E-state index contributed by atoms with van der Waals surface area (Å²) in [6, 6.07) is 2.78. The van der Waals surface area contributed by atoms with Crippen molar-refractivity contribution < 1.29 is 36.3 Å². The highest BCUT2D eigenvalue weighted by atomic mass is 32.2. The molecule has 146 valence electrons. The molecular weight excluding hydrogens is 377 g/mol. The van der Waals surface area contributed by atoms with Crippen LogP contribution in [0.25, 0.3) is 0 Å². The van der Waals surface area contributed by atoms with Gasteiger partial charge in [0, 0.05) is 5.56 Å². The number of amides is 1. The van der Waals surface area contributed by atoms with E-state index in [9.17, 15) is 31.2 Å². The number of hydrogen-bond donors (Lipinski definition) is 3. The van der Waals surface area contributed by atoms with Crippen LogP contribution in [0.3, 0.4) is 0 Å². The molecule has 0 fully saturated rings. The third kappa shape index (κ3) is 6.30. The van der Waals surface area contributed by atoms with Crippen molar-refractivity contribution in [1.82, 2.24) is 10.0 Å². The molecule has 0 aromatic heterocycles. The Kier molecular flexibility index (Phi) is 7.16. The minimum atomic E-state index is -4.56. The maximum absolute atomic E-state index is 12.3. The van der Waals surface area contributed by atoms with Crippen LogP contribution in [0.15, 0.2) is 29.2 Å². The highest BCUT2D eigenvalue weighted by Crippen LogP contribution is 2.16. The zero-order chi connectivity index (χ0) is 20.1. The fraction of sp³-hybridized carbons (Fsp3) is 0.467. The zero-order valence-electron chi connectivity index (χ0n) is 14.0. The number of benzene rings is 1. The average molecular weight is 396 g/mol. The first-order valence-electron chi connectivity index (χ1n) is 7.57. The Labute approximate surface area is 148 Å². The summed E-state index contributed by atoms with van der Waals surface area (Å²) < 4.78 is 62.9. The Balaban J connectivity index is 2.92. The fourth-order valence-electron chi connectivity index (χ4n) is 1.95. The second kappa shape index (κ2) is 8.49. The lowest BCUT2D eigenvalue weighted by atomic mass is 10.0. The van der Waals surface area contributed by atoms with Gasteiger partial charge >= 0.3 is 12.1 Å².